The van der Waals surface area contributed by atoms with Crippen molar-refractivity contribution in [3.8, 4) is 11.5 Å². The summed E-state index contributed by atoms with van der Waals surface area (Å²) in [5, 5.41) is 9.05. The Balaban J connectivity index is 1.97. The van der Waals surface area contributed by atoms with Crippen molar-refractivity contribution in [3.05, 3.63) is 21.1 Å². The third-order valence-corrected chi connectivity index (χ3v) is 5.39. The molecule has 0 bridgehead atoms. The number of halogens is 4. The number of alkyl halides is 2. The molecule has 136 valence electrons. The van der Waals surface area contributed by atoms with Gasteiger partial charge in [-0.2, -0.15) is 8.78 Å². The van der Waals surface area contributed by atoms with Gasteiger partial charge in [-0.25, -0.2) is 4.79 Å². The van der Waals surface area contributed by atoms with Gasteiger partial charge in [0.1, 0.15) is 17.4 Å². The van der Waals surface area contributed by atoms with Gasteiger partial charge < -0.3 is 24.4 Å². The van der Waals surface area contributed by atoms with Crippen LogP contribution in [0, 0.1) is 0 Å². The Labute approximate surface area is 154 Å². The van der Waals surface area contributed by atoms with Crippen molar-refractivity contribution in [2.24, 2.45) is 0 Å². The van der Waals surface area contributed by atoms with E-state index in [1.54, 1.807) is 0 Å². The van der Waals surface area contributed by atoms with Crippen LogP contribution in [0.2, 0.25) is 5.02 Å². The highest BCUT2D eigenvalue weighted by Crippen LogP contribution is 2.44. The first-order valence-electron chi connectivity index (χ1n) is 7.18. The second-order valence-electron chi connectivity index (χ2n) is 5.45. The summed E-state index contributed by atoms with van der Waals surface area (Å²) in [4.78, 5) is 26.6. The molecule has 2 aliphatic rings. The van der Waals surface area contributed by atoms with Gasteiger partial charge in [-0.05, 0) is 22.0 Å². The summed E-state index contributed by atoms with van der Waals surface area (Å²) >= 11 is 9.20. The van der Waals surface area contributed by atoms with Crippen LogP contribution in [0.3, 0.4) is 0 Å². The first kappa shape index (κ1) is 18.0. The SMILES string of the molecule is O=C(O)N1CCN2C(=O)c3cc(OC(F)F)c(Br)c(Cl)c3OC[C@H]2C1. The Bertz CT molecular complexity index is 736. The van der Waals surface area contributed by atoms with Gasteiger partial charge in [-0.15, -0.1) is 0 Å². The molecule has 1 aromatic carbocycles. The highest BCUT2D eigenvalue weighted by Gasteiger charge is 2.38. The number of hydrogen-bond donors (Lipinski definition) is 1. The van der Waals surface area contributed by atoms with Crippen molar-refractivity contribution in [1.82, 2.24) is 9.80 Å². The van der Waals surface area contributed by atoms with Crippen LogP contribution in [0.15, 0.2) is 10.5 Å². The monoisotopic (exact) mass is 440 g/mol. The first-order valence-corrected chi connectivity index (χ1v) is 8.35. The van der Waals surface area contributed by atoms with E-state index < -0.39 is 24.7 Å². The topological polar surface area (TPSA) is 79.3 Å². The van der Waals surface area contributed by atoms with Crippen LogP contribution in [0.1, 0.15) is 10.4 Å². The lowest BCUT2D eigenvalue weighted by atomic mass is 10.1. The van der Waals surface area contributed by atoms with Crippen LogP contribution in [0.25, 0.3) is 0 Å². The fourth-order valence-corrected chi connectivity index (χ4v) is 3.48. The fourth-order valence-electron chi connectivity index (χ4n) is 2.84. The highest BCUT2D eigenvalue weighted by atomic mass is 79.9. The average Bonchev–Trinajstić information content (AvgIpc) is 2.69. The number of hydrogen-bond acceptors (Lipinski definition) is 4. The summed E-state index contributed by atoms with van der Waals surface area (Å²) in [5.41, 5.74) is -0.00451. The van der Waals surface area contributed by atoms with E-state index in [0.29, 0.717) is 0 Å². The van der Waals surface area contributed by atoms with Crippen LogP contribution in [0.5, 0.6) is 11.5 Å². The van der Waals surface area contributed by atoms with E-state index >= 15 is 0 Å². The standard InChI is InChI=1S/C14H12BrClF2N2O5/c15-9-8(25-13(17)18)3-7-11(10(9)16)24-5-6-4-19(14(22)23)1-2-20(6)12(7)21/h3,6,13H,1-2,4-5H2,(H,22,23)/t6-/m1/s1. The predicted molar refractivity (Wildman–Crippen MR) is 85.7 cm³/mol. The Morgan fingerprint density at radius 1 is 1.48 bits per heavy atom. The number of piperazine rings is 1. The zero-order chi connectivity index (χ0) is 18.3. The smallest absolute Gasteiger partial charge is 0.407 e. The van der Waals surface area contributed by atoms with E-state index in [0.717, 1.165) is 6.07 Å². The Morgan fingerprint density at radius 2 is 2.20 bits per heavy atom. The number of carbonyl (C=O) groups is 2. The van der Waals surface area contributed by atoms with E-state index in [4.69, 9.17) is 21.4 Å². The molecule has 0 aliphatic carbocycles. The Kier molecular flexibility index (Phi) is 4.92. The zero-order valence-electron chi connectivity index (χ0n) is 12.5. The molecule has 0 unspecified atom stereocenters. The summed E-state index contributed by atoms with van der Waals surface area (Å²) in [7, 11) is 0. The molecular weight excluding hydrogens is 430 g/mol. The van der Waals surface area contributed by atoms with Gasteiger partial charge >= 0.3 is 12.7 Å². The van der Waals surface area contributed by atoms with E-state index in [1.165, 1.54) is 9.80 Å². The average molecular weight is 442 g/mol. The van der Waals surface area contributed by atoms with Crippen molar-refractivity contribution in [2.45, 2.75) is 12.7 Å². The van der Waals surface area contributed by atoms with Gasteiger partial charge in [0.15, 0.2) is 5.75 Å². The van der Waals surface area contributed by atoms with Gasteiger partial charge in [-0.1, -0.05) is 11.6 Å². The predicted octanol–water partition coefficient (Wildman–Crippen LogP) is 2.90. The van der Waals surface area contributed by atoms with Crippen molar-refractivity contribution < 1.29 is 33.0 Å². The maximum absolute atomic E-state index is 12.8. The van der Waals surface area contributed by atoms with E-state index in [9.17, 15) is 18.4 Å². The molecule has 7 nitrogen and oxygen atoms in total. The molecule has 1 fully saturated rings. The van der Waals surface area contributed by atoms with Crippen molar-refractivity contribution in [1.29, 1.82) is 0 Å². The number of fused-ring (bicyclic) bond motifs is 2. The summed E-state index contributed by atoms with van der Waals surface area (Å²) < 4.78 is 35.1. The number of rotatable bonds is 2. The van der Waals surface area contributed by atoms with E-state index in [2.05, 4.69) is 20.7 Å². The van der Waals surface area contributed by atoms with Crippen molar-refractivity contribution in [2.75, 3.05) is 26.2 Å². The third kappa shape index (κ3) is 3.32. The summed E-state index contributed by atoms with van der Waals surface area (Å²) in [6.07, 6.45) is -1.08. The number of ether oxygens (including phenoxy) is 2. The van der Waals surface area contributed by atoms with Gasteiger partial charge in [-0.3, -0.25) is 4.79 Å². The quantitative estimate of drug-likeness (QED) is 0.763. The molecule has 1 saturated heterocycles. The van der Waals surface area contributed by atoms with Crippen LogP contribution < -0.4 is 9.47 Å². The number of carboxylic acid groups (broad SMARTS) is 1. The zero-order valence-corrected chi connectivity index (χ0v) is 14.9. The Morgan fingerprint density at radius 3 is 2.84 bits per heavy atom. The van der Waals surface area contributed by atoms with Crippen molar-refractivity contribution >= 4 is 39.5 Å². The molecule has 1 atom stereocenters. The van der Waals surface area contributed by atoms with Crippen LogP contribution in [0.4, 0.5) is 13.6 Å². The second kappa shape index (κ2) is 6.83. The second-order valence-corrected chi connectivity index (χ2v) is 6.62. The lowest BCUT2D eigenvalue weighted by Crippen LogP contribution is -2.57. The lowest BCUT2D eigenvalue weighted by Gasteiger charge is -2.38. The minimum Gasteiger partial charge on any atom is -0.489 e. The fraction of sp³-hybridized carbons (Fsp3) is 0.429. The summed E-state index contributed by atoms with van der Waals surface area (Å²) in [6.45, 7) is -2.65. The number of amides is 2. The van der Waals surface area contributed by atoms with Gasteiger partial charge in [0.05, 0.1) is 16.1 Å². The molecule has 2 amide bonds. The summed E-state index contributed by atoms with van der Waals surface area (Å²) in [6, 6.07) is 0.644. The summed E-state index contributed by atoms with van der Waals surface area (Å²) in [5.74, 6) is -0.703. The van der Waals surface area contributed by atoms with E-state index in [-0.39, 0.29) is 52.8 Å². The molecule has 0 saturated carbocycles. The number of carbonyl (C=O) groups excluding carboxylic acids is 1. The maximum atomic E-state index is 12.8. The number of nitrogens with zero attached hydrogens (tertiary/aromatic N) is 2. The largest absolute Gasteiger partial charge is 0.489 e. The van der Waals surface area contributed by atoms with Gasteiger partial charge in [0, 0.05) is 19.6 Å². The maximum Gasteiger partial charge on any atom is 0.407 e. The Hall–Kier alpha value is -1.81. The number of benzene rings is 1. The molecule has 2 heterocycles. The lowest BCUT2D eigenvalue weighted by molar-refractivity contribution is -0.0504. The van der Waals surface area contributed by atoms with Crippen LogP contribution in [-0.4, -0.2) is 65.8 Å². The molecule has 3 rings (SSSR count). The van der Waals surface area contributed by atoms with Crippen LogP contribution in [-0.2, 0) is 0 Å². The highest BCUT2D eigenvalue weighted by molar-refractivity contribution is 9.10. The first-order chi connectivity index (χ1) is 11.8. The van der Waals surface area contributed by atoms with Gasteiger partial charge in [0.25, 0.3) is 5.91 Å². The molecule has 0 radical (unpaired) electrons. The normalized spacial score (nSPS) is 19.9. The van der Waals surface area contributed by atoms with Gasteiger partial charge in [0.2, 0.25) is 0 Å². The molecule has 2 aliphatic heterocycles. The van der Waals surface area contributed by atoms with Crippen molar-refractivity contribution in [3.63, 3.8) is 0 Å². The van der Waals surface area contributed by atoms with E-state index in [1.807, 2.05) is 0 Å². The molecule has 25 heavy (non-hydrogen) atoms. The molecular formula is C14H12BrClF2N2O5. The minimum atomic E-state index is -3.08. The molecule has 1 aromatic rings. The minimum absolute atomic E-state index is 0.00451. The molecule has 0 spiro atoms. The third-order valence-electron chi connectivity index (χ3n) is 4.01. The molecule has 1 N–H and O–H groups in total. The molecule has 11 heteroatoms. The molecule has 0 aromatic heterocycles. The van der Waals surface area contributed by atoms with Crippen LogP contribution >= 0.6 is 27.5 Å².